The van der Waals surface area contributed by atoms with Crippen molar-refractivity contribution in [3.63, 3.8) is 0 Å². The van der Waals surface area contributed by atoms with Crippen LogP contribution in [0.3, 0.4) is 0 Å². The molecule has 120 valence electrons. The summed E-state index contributed by atoms with van der Waals surface area (Å²) in [6.07, 6.45) is 3.33. The Labute approximate surface area is 129 Å². The first-order chi connectivity index (χ1) is 10.6. The van der Waals surface area contributed by atoms with Gasteiger partial charge in [-0.25, -0.2) is 9.97 Å². The maximum atomic E-state index is 14.2. The van der Waals surface area contributed by atoms with Crippen LogP contribution >= 0.6 is 0 Å². The van der Waals surface area contributed by atoms with Gasteiger partial charge >= 0.3 is 0 Å². The summed E-state index contributed by atoms with van der Waals surface area (Å²) in [4.78, 5) is 11.1. The highest BCUT2D eigenvalue weighted by Gasteiger charge is 2.44. The second-order valence-electron chi connectivity index (χ2n) is 6.80. The fourth-order valence-electron chi connectivity index (χ4n) is 3.81. The first-order valence-electron chi connectivity index (χ1n) is 8.33. The Morgan fingerprint density at radius 2 is 1.95 bits per heavy atom. The molecular formula is C16H22F2N4. The number of rotatable bonds is 2. The van der Waals surface area contributed by atoms with E-state index in [9.17, 15) is 8.78 Å². The number of anilines is 1. The maximum absolute atomic E-state index is 14.2. The molecule has 2 fully saturated rings. The molecule has 3 aliphatic rings. The lowest BCUT2D eigenvalue weighted by Crippen LogP contribution is -2.47. The van der Waals surface area contributed by atoms with Gasteiger partial charge in [0.15, 0.2) is 0 Å². The van der Waals surface area contributed by atoms with Crippen molar-refractivity contribution in [2.24, 2.45) is 0 Å². The van der Waals surface area contributed by atoms with Crippen molar-refractivity contribution in [1.82, 2.24) is 15.3 Å². The smallest absolute Gasteiger partial charge is 0.290 e. The molecule has 2 saturated heterocycles. The van der Waals surface area contributed by atoms with Gasteiger partial charge in [-0.3, -0.25) is 0 Å². The van der Waals surface area contributed by atoms with Gasteiger partial charge < -0.3 is 10.2 Å². The van der Waals surface area contributed by atoms with Crippen molar-refractivity contribution < 1.29 is 8.78 Å². The molecule has 2 aliphatic heterocycles. The lowest BCUT2D eigenvalue weighted by atomic mass is 9.91. The normalized spacial score (nSPS) is 27.6. The van der Waals surface area contributed by atoms with Gasteiger partial charge in [-0.1, -0.05) is 0 Å². The predicted octanol–water partition coefficient (Wildman–Crippen LogP) is 2.58. The van der Waals surface area contributed by atoms with Crippen molar-refractivity contribution in [3.05, 3.63) is 17.0 Å². The third-order valence-electron chi connectivity index (χ3n) is 5.37. The van der Waals surface area contributed by atoms with Crippen molar-refractivity contribution in [3.8, 4) is 0 Å². The molecule has 3 heterocycles. The average molecular weight is 308 g/mol. The van der Waals surface area contributed by atoms with Crippen LogP contribution in [0.2, 0.25) is 0 Å². The summed E-state index contributed by atoms with van der Waals surface area (Å²) in [6.45, 7) is 4.85. The molecule has 6 heteroatoms. The minimum absolute atomic E-state index is 0.00475. The molecule has 1 aromatic heterocycles. The van der Waals surface area contributed by atoms with Crippen LogP contribution in [0.25, 0.3) is 0 Å². The number of piperidine rings is 1. The Kier molecular flexibility index (Phi) is 3.33. The first-order valence-corrected chi connectivity index (χ1v) is 8.33. The van der Waals surface area contributed by atoms with Crippen molar-refractivity contribution in [2.45, 2.75) is 56.9 Å². The topological polar surface area (TPSA) is 41.1 Å². The van der Waals surface area contributed by atoms with E-state index in [2.05, 4.69) is 22.1 Å². The highest BCUT2D eigenvalue weighted by Crippen LogP contribution is 2.44. The second kappa shape index (κ2) is 5.11. The van der Waals surface area contributed by atoms with Crippen LogP contribution in [-0.4, -0.2) is 35.6 Å². The standard InChI is InChI=1S/C16H22F2N4/c1-10-5-9-22(10)15-20-13(11-3-7-19-8-4-11)12-2-6-16(17,18)14(12)21-15/h10-11,19H,2-9H2,1H3/t10-/m0/s1. The van der Waals surface area contributed by atoms with Gasteiger partial charge in [0.2, 0.25) is 5.95 Å². The van der Waals surface area contributed by atoms with Crippen LogP contribution in [0.15, 0.2) is 0 Å². The van der Waals surface area contributed by atoms with Crippen LogP contribution in [0.1, 0.15) is 55.5 Å². The van der Waals surface area contributed by atoms with Gasteiger partial charge in [0.05, 0.1) is 5.69 Å². The van der Waals surface area contributed by atoms with E-state index in [1.807, 2.05) is 0 Å². The molecule has 0 saturated carbocycles. The average Bonchev–Trinajstić information content (AvgIpc) is 2.82. The van der Waals surface area contributed by atoms with E-state index in [1.165, 1.54) is 0 Å². The summed E-state index contributed by atoms with van der Waals surface area (Å²) < 4.78 is 28.5. The minimum Gasteiger partial charge on any atom is -0.338 e. The number of halogens is 2. The largest absolute Gasteiger partial charge is 0.338 e. The van der Waals surface area contributed by atoms with Gasteiger partial charge in [0.25, 0.3) is 5.92 Å². The molecule has 0 aromatic carbocycles. The zero-order valence-electron chi connectivity index (χ0n) is 12.9. The Morgan fingerprint density at radius 1 is 1.18 bits per heavy atom. The molecule has 4 rings (SSSR count). The lowest BCUT2D eigenvalue weighted by molar-refractivity contribution is -0.00598. The summed E-state index contributed by atoms with van der Waals surface area (Å²) in [5.41, 5.74) is 1.64. The molecular weight excluding hydrogens is 286 g/mol. The van der Waals surface area contributed by atoms with Gasteiger partial charge in [-0.15, -0.1) is 0 Å². The fraction of sp³-hybridized carbons (Fsp3) is 0.750. The second-order valence-corrected chi connectivity index (χ2v) is 6.80. The van der Waals surface area contributed by atoms with E-state index in [1.54, 1.807) is 0 Å². The summed E-state index contributed by atoms with van der Waals surface area (Å²) in [5.74, 6) is -1.97. The summed E-state index contributed by atoms with van der Waals surface area (Å²) in [7, 11) is 0. The van der Waals surface area contributed by atoms with Crippen LogP contribution in [0.4, 0.5) is 14.7 Å². The highest BCUT2D eigenvalue weighted by molar-refractivity contribution is 5.45. The molecule has 1 N–H and O–H groups in total. The van der Waals surface area contributed by atoms with E-state index in [0.29, 0.717) is 24.3 Å². The molecule has 1 atom stereocenters. The molecule has 0 unspecified atom stereocenters. The summed E-state index contributed by atoms with van der Waals surface area (Å²) >= 11 is 0. The van der Waals surface area contributed by atoms with E-state index in [0.717, 1.165) is 50.2 Å². The SMILES string of the molecule is C[C@H]1CCN1c1nc(C2CCNCC2)c2c(n1)C(F)(F)CC2. The molecule has 0 bridgehead atoms. The minimum atomic E-state index is -2.79. The van der Waals surface area contributed by atoms with E-state index < -0.39 is 5.92 Å². The number of nitrogens with zero attached hydrogens (tertiary/aromatic N) is 3. The Bertz CT molecular complexity index is 584. The van der Waals surface area contributed by atoms with Crippen LogP contribution in [0.5, 0.6) is 0 Å². The van der Waals surface area contributed by atoms with E-state index in [4.69, 9.17) is 4.98 Å². The number of fused-ring (bicyclic) bond motifs is 1. The van der Waals surface area contributed by atoms with Gasteiger partial charge in [-0.05, 0) is 45.7 Å². The summed E-state index contributed by atoms with van der Waals surface area (Å²) in [5, 5.41) is 3.33. The number of alkyl halides is 2. The van der Waals surface area contributed by atoms with E-state index in [-0.39, 0.29) is 12.1 Å². The molecule has 1 aliphatic carbocycles. The van der Waals surface area contributed by atoms with Gasteiger partial charge in [0.1, 0.15) is 5.69 Å². The van der Waals surface area contributed by atoms with Crippen LogP contribution in [0, 0.1) is 0 Å². The van der Waals surface area contributed by atoms with Crippen LogP contribution < -0.4 is 10.2 Å². The third kappa shape index (κ3) is 2.19. The quantitative estimate of drug-likeness (QED) is 0.912. The molecule has 0 radical (unpaired) electrons. The summed E-state index contributed by atoms with van der Waals surface area (Å²) in [6, 6.07) is 0.356. The number of nitrogens with one attached hydrogen (secondary N) is 1. The van der Waals surface area contributed by atoms with Crippen molar-refractivity contribution in [2.75, 3.05) is 24.5 Å². The zero-order valence-corrected chi connectivity index (χ0v) is 12.9. The fourth-order valence-corrected chi connectivity index (χ4v) is 3.81. The Hall–Kier alpha value is -1.30. The maximum Gasteiger partial charge on any atom is 0.290 e. The number of hydrogen-bond acceptors (Lipinski definition) is 4. The highest BCUT2D eigenvalue weighted by atomic mass is 19.3. The zero-order chi connectivity index (χ0) is 15.3. The van der Waals surface area contributed by atoms with Gasteiger partial charge in [0, 0.05) is 30.5 Å². The predicted molar refractivity (Wildman–Crippen MR) is 80.5 cm³/mol. The molecule has 0 amide bonds. The van der Waals surface area contributed by atoms with E-state index >= 15 is 0 Å². The molecule has 0 spiro atoms. The van der Waals surface area contributed by atoms with Crippen LogP contribution in [-0.2, 0) is 12.3 Å². The third-order valence-corrected chi connectivity index (χ3v) is 5.37. The number of aromatic nitrogens is 2. The molecule has 1 aromatic rings. The first kappa shape index (κ1) is 14.3. The monoisotopic (exact) mass is 308 g/mol. The number of hydrogen-bond donors (Lipinski definition) is 1. The lowest BCUT2D eigenvalue weighted by Gasteiger charge is -2.39. The Balaban J connectivity index is 1.78. The Morgan fingerprint density at radius 3 is 2.59 bits per heavy atom. The molecule has 22 heavy (non-hydrogen) atoms. The van der Waals surface area contributed by atoms with Crippen molar-refractivity contribution >= 4 is 5.95 Å². The van der Waals surface area contributed by atoms with Gasteiger partial charge in [-0.2, -0.15) is 8.78 Å². The molecule has 4 nitrogen and oxygen atoms in total. The van der Waals surface area contributed by atoms with Crippen molar-refractivity contribution in [1.29, 1.82) is 0 Å².